The summed E-state index contributed by atoms with van der Waals surface area (Å²) in [6.07, 6.45) is 5.97. The lowest BCUT2D eigenvalue weighted by Gasteiger charge is -2.39. The van der Waals surface area contributed by atoms with E-state index in [1.54, 1.807) is 19.2 Å². The number of hydrogen-bond donors (Lipinski definition) is 1. The monoisotopic (exact) mass is 628 g/mol. The number of benzene rings is 4. The van der Waals surface area contributed by atoms with Crippen LogP contribution in [0, 0.1) is 5.82 Å². The van der Waals surface area contributed by atoms with E-state index in [0.29, 0.717) is 25.4 Å². The van der Waals surface area contributed by atoms with Gasteiger partial charge in [0.05, 0.1) is 7.11 Å². The number of aryl methyl sites for hydroxylation is 1. The van der Waals surface area contributed by atoms with Crippen LogP contribution in [-0.2, 0) is 23.1 Å². The Morgan fingerprint density at radius 2 is 1.56 bits per heavy atom. The minimum Gasteiger partial charge on any atom is -0.497 e. The average Bonchev–Trinajstić information content (AvgIpc) is 3.07. The zero-order chi connectivity index (χ0) is 30.8. The van der Waals surface area contributed by atoms with Crippen LogP contribution in [0.25, 0.3) is 0 Å². The van der Waals surface area contributed by atoms with Crippen molar-refractivity contribution in [3.05, 3.63) is 137 Å². The lowest BCUT2D eigenvalue weighted by atomic mass is 9.68. The first kappa shape index (κ1) is 34.2. The first-order valence-electron chi connectivity index (χ1n) is 16.0. The second-order valence-corrected chi connectivity index (χ2v) is 12.0. The van der Waals surface area contributed by atoms with Crippen LogP contribution in [0.1, 0.15) is 72.9 Å². The molecule has 4 aromatic rings. The van der Waals surface area contributed by atoms with E-state index < -0.39 is 0 Å². The third-order valence-corrected chi connectivity index (χ3v) is 9.37. The Labute approximate surface area is 274 Å². The van der Waals surface area contributed by atoms with Crippen LogP contribution in [0.4, 0.5) is 4.39 Å². The number of nitrogens with zero attached hydrogens (tertiary/aromatic N) is 1. The Morgan fingerprint density at radius 1 is 0.911 bits per heavy atom. The fourth-order valence-electron chi connectivity index (χ4n) is 6.88. The van der Waals surface area contributed by atoms with Crippen molar-refractivity contribution in [2.75, 3.05) is 26.7 Å². The van der Waals surface area contributed by atoms with E-state index in [1.165, 1.54) is 34.4 Å². The first-order chi connectivity index (χ1) is 21.5. The first-order valence-corrected chi connectivity index (χ1v) is 16.0. The molecule has 1 heterocycles. The molecule has 5 rings (SSSR count). The second kappa shape index (κ2) is 16.6. The summed E-state index contributed by atoms with van der Waals surface area (Å²) >= 11 is 0. The maximum Gasteiger partial charge on any atom is 0.220 e. The molecule has 0 bridgehead atoms. The maximum absolute atomic E-state index is 13.2. The molecule has 1 aliphatic heterocycles. The van der Waals surface area contributed by atoms with Gasteiger partial charge in [-0.25, -0.2) is 4.39 Å². The van der Waals surface area contributed by atoms with Gasteiger partial charge in [-0.1, -0.05) is 78.9 Å². The molecule has 0 spiro atoms. The zero-order valence-electron chi connectivity index (χ0n) is 26.5. The summed E-state index contributed by atoms with van der Waals surface area (Å²) in [5, 5.41) is 3.14. The number of methoxy groups -OCH3 is 1. The smallest absolute Gasteiger partial charge is 0.220 e. The van der Waals surface area contributed by atoms with Crippen molar-refractivity contribution in [3.8, 4) is 5.75 Å². The normalized spacial score (nSPS) is 14.7. The third-order valence-electron chi connectivity index (χ3n) is 9.37. The van der Waals surface area contributed by atoms with Gasteiger partial charge in [0.2, 0.25) is 5.91 Å². The Kier molecular flexibility index (Phi) is 12.6. The predicted octanol–water partition coefficient (Wildman–Crippen LogP) is 8.47. The number of amides is 1. The van der Waals surface area contributed by atoms with Crippen LogP contribution in [0.5, 0.6) is 5.75 Å². The second-order valence-electron chi connectivity index (χ2n) is 12.0. The largest absolute Gasteiger partial charge is 0.497 e. The molecule has 0 aliphatic carbocycles. The molecule has 0 fully saturated rings. The lowest BCUT2D eigenvalue weighted by molar-refractivity contribution is -0.121. The number of halogens is 2. The van der Waals surface area contributed by atoms with Crippen LogP contribution in [-0.4, -0.2) is 37.6 Å². The Bertz CT molecular complexity index is 1440. The Morgan fingerprint density at radius 3 is 2.20 bits per heavy atom. The summed E-state index contributed by atoms with van der Waals surface area (Å²) in [6, 6.07) is 35.1. The molecule has 45 heavy (non-hydrogen) atoms. The Hall–Kier alpha value is -3.67. The maximum atomic E-state index is 13.2. The molecule has 1 unspecified atom stereocenters. The highest BCUT2D eigenvalue weighted by atomic mass is 35.5. The van der Waals surface area contributed by atoms with Crippen molar-refractivity contribution in [3.63, 3.8) is 0 Å². The number of carbonyl (C=O) groups is 1. The molecule has 0 radical (unpaired) electrons. The number of ether oxygens (including phenoxy) is 1. The van der Waals surface area contributed by atoms with Crippen molar-refractivity contribution in [2.45, 2.75) is 63.3 Å². The molecule has 6 heteroatoms. The van der Waals surface area contributed by atoms with E-state index in [0.717, 1.165) is 56.5 Å². The molecule has 0 aromatic heterocycles. The van der Waals surface area contributed by atoms with Crippen molar-refractivity contribution in [1.29, 1.82) is 0 Å². The van der Waals surface area contributed by atoms with E-state index in [4.69, 9.17) is 4.74 Å². The van der Waals surface area contributed by atoms with Gasteiger partial charge in [0.25, 0.3) is 0 Å². The van der Waals surface area contributed by atoms with Gasteiger partial charge in [-0.05, 0) is 104 Å². The zero-order valence-corrected chi connectivity index (χ0v) is 27.3. The number of fused-ring (bicyclic) bond motifs is 1. The number of rotatable bonds is 14. The summed E-state index contributed by atoms with van der Waals surface area (Å²) in [6.45, 7) is 5.04. The van der Waals surface area contributed by atoms with Gasteiger partial charge >= 0.3 is 0 Å². The quantitative estimate of drug-likeness (QED) is 0.142. The summed E-state index contributed by atoms with van der Waals surface area (Å²) in [5.74, 6) is 0.718. The van der Waals surface area contributed by atoms with Gasteiger partial charge in [-0.15, -0.1) is 12.4 Å². The van der Waals surface area contributed by atoms with E-state index in [2.05, 4.69) is 96.0 Å². The van der Waals surface area contributed by atoms with Gasteiger partial charge in [0.1, 0.15) is 11.6 Å². The summed E-state index contributed by atoms with van der Waals surface area (Å²) in [5.41, 5.74) is 6.29. The summed E-state index contributed by atoms with van der Waals surface area (Å²) in [7, 11) is 1.73. The average molecular weight is 629 g/mol. The van der Waals surface area contributed by atoms with Crippen molar-refractivity contribution < 1.29 is 13.9 Å². The summed E-state index contributed by atoms with van der Waals surface area (Å²) < 4.78 is 18.7. The molecule has 1 N–H and O–H groups in total. The fourth-order valence-corrected chi connectivity index (χ4v) is 6.88. The minimum atomic E-state index is -0.254. The topological polar surface area (TPSA) is 41.6 Å². The van der Waals surface area contributed by atoms with Gasteiger partial charge in [0, 0.05) is 31.0 Å². The molecule has 0 saturated heterocycles. The third kappa shape index (κ3) is 8.74. The van der Waals surface area contributed by atoms with Crippen LogP contribution >= 0.6 is 12.4 Å². The van der Waals surface area contributed by atoms with E-state index in [-0.39, 0.29) is 29.5 Å². The van der Waals surface area contributed by atoms with Crippen molar-refractivity contribution in [1.82, 2.24) is 10.2 Å². The van der Waals surface area contributed by atoms with Gasteiger partial charge in [0.15, 0.2) is 0 Å². The highest BCUT2D eigenvalue weighted by molar-refractivity contribution is 5.85. The van der Waals surface area contributed by atoms with Crippen LogP contribution in [0.3, 0.4) is 0 Å². The fraction of sp³-hybridized carbons (Fsp3) is 0.359. The highest BCUT2D eigenvalue weighted by Crippen LogP contribution is 2.41. The molecule has 238 valence electrons. The Balaban J connectivity index is 0.00000461. The van der Waals surface area contributed by atoms with Crippen LogP contribution in [0.2, 0.25) is 0 Å². The van der Waals surface area contributed by atoms with Crippen molar-refractivity contribution >= 4 is 18.3 Å². The van der Waals surface area contributed by atoms with Crippen LogP contribution < -0.4 is 10.1 Å². The molecular weight excluding hydrogens is 583 g/mol. The molecule has 1 amide bonds. The number of nitrogens with one attached hydrogen (secondary N) is 1. The van der Waals surface area contributed by atoms with Gasteiger partial charge in [-0.2, -0.15) is 0 Å². The van der Waals surface area contributed by atoms with E-state index in [1.807, 2.05) is 0 Å². The number of carbonyl (C=O) groups excluding carboxylic acids is 1. The SMILES string of the molecule is COc1ccc2c(c1)CCN(CCCC(CCCNC(=O)CCc1ccc(F)cc1)(c1ccccc1)c1ccccc1)C2C.Cl. The molecule has 0 saturated carbocycles. The van der Waals surface area contributed by atoms with Gasteiger partial charge in [-0.3, -0.25) is 9.69 Å². The number of hydrogen-bond acceptors (Lipinski definition) is 3. The molecule has 4 aromatic carbocycles. The standard InChI is InChI=1S/C39H45FN2O2.ClH/c1-30-37-21-20-36(44-2)29-32(37)23-28-42(30)27-10-25-39(33-11-5-3-6-12-33,34-13-7-4-8-14-34)24-9-26-41-38(43)22-17-31-15-18-35(40)19-16-31;/h3-8,11-16,18-21,29-30H,9-10,17,22-28H2,1-2H3,(H,41,43);1H. The van der Waals surface area contributed by atoms with Crippen LogP contribution in [0.15, 0.2) is 103 Å². The minimum absolute atomic E-state index is 0. The van der Waals surface area contributed by atoms with Crippen molar-refractivity contribution in [2.24, 2.45) is 0 Å². The molecule has 4 nitrogen and oxygen atoms in total. The molecule has 1 atom stereocenters. The molecule has 1 aliphatic rings. The van der Waals surface area contributed by atoms with Gasteiger partial charge < -0.3 is 10.1 Å². The highest BCUT2D eigenvalue weighted by Gasteiger charge is 2.34. The predicted molar refractivity (Wildman–Crippen MR) is 184 cm³/mol. The lowest BCUT2D eigenvalue weighted by Crippen LogP contribution is -2.36. The van der Waals surface area contributed by atoms with E-state index >= 15 is 0 Å². The van der Waals surface area contributed by atoms with E-state index in [9.17, 15) is 9.18 Å². The molecular formula is C39H46ClFN2O2. The summed E-state index contributed by atoms with van der Waals surface area (Å²) in [4.78, 5) is 15.3.